The molecule has 0 aromatic heterocycles. The van der Waals surface area contributed by atoms with Crippen LogP contribution in [0.15, 0.2) is 39.3 Å². The van der Waals surface area contributed by atoms with Gasteiger partial charge < -0.3 is 14.8 Å². The van der Waals surface area contributed by atoms with Crippen molar-refractivity contribution in [2.45, 2.75) is 6.54 Å². The first-order chi connectivity index (χ1) is 10.1. The fourth-order valence-corrected chi connectivity index (χ4v) is 3.05. The van der Waals surface area contributed by atoms with Crippen LogP contribution in [0.5, 0.6) is 11.5 Å². The van der Waals surface area contributed by atoms with E-state index in [2.05, 4.69) is 37.2 Å². The Morgan fingerprint density at radius 1 is 1.00 bits per heavy atom. The molecule has 3 nitrogen and oxygen atoms in total. The Balaban J connectivity index is 1.77. The van der Waals surface area contributed by atoms with Crippen LogP contribution >= 0.6 is 43.5 Å². The van der Waals surface area contributed by atoms with E-state index in [1.165, 1.54) is 0 Å². The first-order valence-corrected chi connectivity index (χ1v) is 8.37. The number of benzene rings is 2. The minimum absolute atomic E-state index is 0.582. The number of anilines is 1. The van der Waals surface area contributed by atoms with Crippen LogP contribution in [0.2, 0.25) is 5.02 Å². The Morgan fingerprint density at radius 2 is 1.71 bits per heavy atom. The van der Waals surface area contributed by atoms with E-state index >= 15 is 0 Å². The van der Waals surface area contributed by atoms with Crippen LogP contribution < -0.4 is 14.8 Å². The molecule has 1 heterocycles. The molecule has 6 heteroatoms. The van der Waals surface area contributed by atoms with Crippen LogP contribution in [0.3, 0.4) is 0 Å². The molecule has 1 aliphatic heterocycles. The predicted molar refractivity (Wildman–Crippen MR) is 91.6 cm³/mol. The summed E-state index contributed by atoms with van der Waals surface area (Å²) in [5.41, 5.74) is 2.10. The van der Waals surface area contributed by atoms with E-state index in [0.29, 0.717) is 24.8 Å². The van der Waals surface area contributed by atoms with E-state index in [0.717, 1.165) is 31.7 Å². The molecule has 21 heavy (non-hydrogen) atoms. The van der Waals surface area contributed by atoms with Crippen molar-refractivity contribution < 1.29 is 9.47 Å². The quantitative estimate of drug-likeness (QED) is 0.717. The van der Waals surface area contributed by atoms with Crippen LogP contribution in [0, 0.1) is 0 Å². The Bertz CT molecular complexity index is 679. The van der Waals surface area contributed by atoms with Gasteiger partial charge in [-0.15, -0.1) is 0 Å². The summed E-state index contributed by atoms with van der Waals surface area (Å²) >= 11 is 13.0. The predicted octanol–water partition coefficient (Wildman–Crippen LogP) is 5.25. The molecule has 0 bridgehead atoms. The lowest BCUT2D eigenvalue weighted by Gasteiger charge is -2.20. The molecule has 0 spiro atoms. The van der Waals surface area contributed by atoms with Crippen molar-refractivity contribution in [2.75, 3.05) is 18.5 Å². The third-order valence-electron chi connectivity index (χ3n) is 3.10. The first kappa shape index (κ1) is 15.0. The lowest BCUT2D eigenvalue weighted by atomic mass is 10.2. The zero-order valence-corrected chi connectivity index (χ0v) is 14.9. The highest BCUT2D eigenvalue weighted by Gasteiger charge is 2.14. The van der Waals surface area contributed by atoms with Crippen molar-refractivity contribution in [3.8, 4) is 11.5 Å². The summed E-state index contributed by atoms with van der Waals surface area (Å²) in [7, 11) is 0. The monoisotopic (exact) mass is 431 g/mol. The Hall–Kier alpha value is -0.910. The summed E-state index contributed by atoms with van der Waals surface area (Å²) in [6.45, 7) is 1.86. The fraction of sp³-hybridized carbons (Fsp3) is 0.200. The van der Waals surface area contributed by atoms with Gasteiger partial charge in [0, 0.05) is 27.6 Å². The normalized spacial score (nSPS) is 13.1. The van der Waals surface area contributed by atoms with E-state index in [4.69, 9.17) is 21.1 Å². The van der Waals surface area contributed by atoms with Crippen molar-refractivity contribution in [2.24, 2.45) is 0 Å². The lowest BCUT2D eigenvalue weighted by molar-refractivity contribution is 0.171. The number of ether oxygens (including phenoxy) is 2. The van der Waals surface area contributed by atoms with Gasteiger partial charge in [-0.2, -0.15) is 0 Å². The fourth-order valence-electron chi connectivity index (χ4n) is 2.05. The summed E-state index contributed by atoms with van der Waals surface area (Å²) in [6.07, 6.45) is 0. The second kappa shape index (κ2) is 6.46. The molecule has 0 radical (unpaired) electrons. The molecule has 3 rings (SSSR count). The van der Waals surface area contributed by atoms with E-state index in [1.54, 1.807) is 0 Å². The van der Waals surface area contributed by atoms with Gasteiger partial charge >= 0.3 is 0 Å². The second-order valence-electron chi connectivity index (χ2n) is 4.58. The van der Waals surface area contributed by atoms with Crippen LogP contribution in [-0.4, -0.2) is 13.2 Å². The zero-order valence-electron chi connectivity index (χ0n) is 11.0. The summed E-state index contributed by atoms with van der Waals surface area (Å²) in [5.74, 6) is 1.54. The summed E-state index contributed by atoms with van der Waals surface area (Å²) < 4.78 is 13.0. The van der Waals surface area contributed by atoms with E-state index < -0.39 is 0 Å². The Kier molecular flexibility index (Phi) is 4.62. The van der Waals surface area contributed by atoms with Gasteiger partial charge in [-0.3, -0.25) is 0 Å². The molecule has 1 N–H and O–H groups in total. The van der Waals surface area contributed by atoms with Crippen LogP contribution in [0.4, 0.5) is 5.69 Å². The molecular weight excluding hydrogens is 421 g/mol. The van der Waals surface area contributed by atoms with Gasteiger partial charge in [0.05, 0.1) is 10.7 Å². The molecule has 2 aromatic rings. The molecule has 2 aromatic carbocycles. The highest BCUT2D eigenvalue weighted by molar-refractivity contribution is 9.11. The molecule has 0 unspecified atom stereocenters. The molecule has 1 aliphatic rings. The lowest BCUT2D eigenvalue weighted by Crippen LogP contribution is -2.15. The maximum atomic E-state index is 6.00. The SMILES string of the molecule is Clc1ccc(CNc2cc3c(cc2Br)OCCO3)cc1Br. The largest absolute Gasteiger partial charge is 0.486 e. The van der Waals surface area contributed by atoms with Gasteiger partial charge in [0.1, 0.15) is 13.2 Å². The average Bonchev–Trinajstić information content (AvgIpc) is 2.48. The maximum absolute atomic E-state index is 6.00. The standard InChI is InChI=1S/C15H12Br2ClNO2/c16-10-5-9(1-2-12(10)18)8-19-13-7-15-14(6-11(13)17)20-3-4-21-15/h1-2,5-7,19H,3-4,8H2. The van der Waals surface area contributed by atoms with Crippen molar-refractivity contribution in [3.05, 3.63) is 49.9 Å². The molecule has 0 fully saturated rings. The number of fused-ring (bicyclic) bond motifs is 1. The Labute approximate surface area is 144 Å². The van der Waals surface area contributed by atoms with Gasteiger partial charge in [-0.05, 0) is 49.6 Å². The highest BCUT2D eigenvalue weighted by Crippen LogP contribution is 2.38. The third-order valence-corrected chi connectivity index (χ3v) is 4.97. The van der Waals surface area contributed by atoms with E-state index in [-0.39, 0.29) is 0 Å². The van der Waals surface area contributed by atoms with Gasteiger partial charge in [0.15, 0.2) is 11.5 Å². The molecule has 0 saturated heterocycles. The molecule has 0 saturated carbocycles. The minimum Gasteiger partial charge on any atom is -0.486 e. The summed E-state index contributed by atoms with van der Waals surface area (Å²) in [4.78, 5) is 0. The molecule has 0 atom stereocenters. The molecular formula is C15H12Br2ClNO2. The number of hydrogen-bond donors (Lipinski definition) is 1. The summed E-state index contributed by atoms with van der Waals surface area (Å²) in [5, 5.41) is 4.09. The topological polar surface area (TPSA) is 30.5 Å². The number of hydrogen-bond acceptors (Lipinski definition) is 3. The van der Waals surface area contributed by atoms with E-state index in [1.807, 2.05) is 30.3 Å². The molecule has 0 aliphatic carbocycles. The average molecular weight is 434 g/mol. The first-order valence-electron chi connectivity index (χ1n) is 6.40. The number of rotatable bonds is 3. The third kappa shape index (κ3) is 3.47. The van der Waals surface area contributed by atoms with Crippen molar-refractivity contribution in [3.63, 3.8) is 0 Å². The van der Waals surface area contributed by atoms with Crippen molar-refractivity contribution >= 4 is 49.1 Å². The highest BCUT2D eigenvalue weighted by atomic mass is 79.9. The van der Waals surface area contributed by atoms with Gasteiger partial charge in [0.2, 0.25) is 0 Å². The van der Waals surface area contributed by atoms with Gasteiger partial charge in [0.25, 0.3) is 0 Å². The van der Waals surface area contributed by atoms with Crippen LogP contribution in [0.25, 0.3) is 0 Å². The molecule has 110 valence electrons. The number of nitrogens with one attached hydrogen (secondary N) is 1. The van der Waals surface area contributed by atoms with Crippen LogP contribution in [-0.2, 0) is 6.54 Å². The second-order valence-corrected chi connectivity index (χ2v) is 6.69. The zero-order chi connectivity index (χ0) is 14.8. The minimum atomic E-state index is 0.582. The smallest absolute Gasteiger partial charge is 0.163 e. The van der Waals surface area contributed by atoms with E-state index in [9.17, 15) is 0 Å². The van der Waals surface area contributed by atoms with Crippen molar-refractivity contribution in [1.29, 1.82) is 0 Å². The summed E-state index contributed by atoms with van der Waals surface area (Å²) in [6, 6.07) is 9.74. The van der Waals surface area contributed by atoms with Gasteiger partial charge in [-0.25, -0.2) is 0 Å². The number of halogens is 3. The van der Waals surface area contributed by atoms with Gasteiger partial charge in [-0.1, -0.05) is 17.7 Å². The van der Waals surface area contributed by atoms with Crippen LogP contribution in [0.1, 0.15) is 5.56 Å². The molecule has 0 amide bonds. The van der Waals surface area contributed by atoms with Crippen molar-refractivity contribution in [1.82, 2.24) is 0 Å². The Morgan fingerprint density at radius 3 is 2.43 bits per heavy atom. The maximum Gasteiger partial charge on any atom is 0.163 e.